The maximum absolute atomic E-state index is 13.2. The van der Waals surface area contributed by atoms with Gasteiger partial charge in [0.25, 0.3) is 0 Å². The summed E-state index contributed by atoms with van der Waals surface area (Å²) in [6.07, 6.45) is 1.79. The molecule has 0 saturated carbocycles. The second kappa shape index (κ2) is 4.90. The normalized spacial score (nSPS) is 11.4. The van der Waals surface area contributed by atoms with Crippen molar-refractivity contribution in [3.05, 3.63) is 54.1 Å². The number of nitrogens with zero attached hydrogens (tertiary/aromatic N) is 2. The minimum atomic E-state index is -0.238. The first-order valence-electron chi connectivity index (χ1n) is 6.84. The van der Waals surface area contributed by atoms with Gasteiger partial charge in [-0.15, -0.1) is 0 Å². The predicted molar refractivity (Wildman–Crippen MR) is 86.9 cm³/mol. The van der Waals surface area contributed by atoms with Gasteiger partial charge < -0.3 is 0 Å². The second-order valence-corrected chi connectivity index (χ2v) is 6.09. The van der Waals surface area contributed by atoms with Crippen molar-refractivity contribution in [3.63, 3.8) is 0 Å². The number of H-pyrrole nitrogens is 1. The van der Waals surface area contributed by atoms with Crippen molar-refractivity contribution in [1.29, 1.82) is 0 Å². The van der Waals surface area contributed by atoms with Crippen LogP contribution in [0.2, 0.25) is 0 Å². The van der Waals surface area contributed by atoms with Gasteiger partial charge in [-0.2, -0.15) is 0 Å². The van der Waals surface area contributed by atoms with Crippen LogP contribution >= 0.6 is 0 Å². The molecule has 0 aliphatic carbocycles. The first-order valence-corrected chi connectivity index (χ1v) is 7.69. The number of benzene rings is 2. The van der Waals surface area contributed by atoms with Crippen LogP contribution in [0.15, 0.2) is 42.6 Å². The van der Waals surface area contributed by atoms with Crippen molar-refractivity contribution < 1.29 is 4.39 Å². The molecule has 2 aromatic heterocycles. The Morgan fingerprint density at radius 2 is 1.91 bits per heavy atom. The van der Waals surface area contributed by atoms with Crippen LogP contribution in [0.1, 0.15) is 5.69 Å². The molecule has 0 saturated heterocycles. The average molecular weight is 355 g/mol. The van der Waals surface area contributed by atoms with Gasteiger partial charge in [0.15, 0.2) is 0 Å². The molecule has 0 amide bonds. The van der Waals surface area contributed by atoms with Crippen LogP contribution in [0.3, 0.4) is 0 Å². The molecule has 1 radical (unpaired) electrons. The fourth-order valence-corrected chi connectivity index (χ4v) is 3.28. The van der Waals surface area contributed by atoms with Gasteiger partial charge in [-0.1, -0.05) is 0 Å². The minimum absolute atomic E-state index is 0.238. The molecule has 1 N–H and O–H groups in total. The zero-order valence-electron chi connectivity index (χ0n) is 11.7. The third-order valence-electron chi connectivity index (χ3n) is 3.80. The topological polar surface area (TPSA) is 41.6 Å². The van der Waals surface area contributed by atoms with Crippen molar-refractivity contribution in [3.8, 4) is 11.1 Å². The Hall–Kier alpha value is -2.23. The Morgan fingerprint density at radius 3 is 2.68 bits per heavy atom. The molecule has 5 heteroatoms. The number of pyridine rings is 1. The summed E-state index contributed by atoms with van der Waals surface area (Å²) < 4.78 is 14.2. The Balaban J connectivity index is 2.14. The summed E-state index contributed by atoms with van der Waals surface area (Å²) in [4.78, 5) is 4.66. The number of aromatic amines is 1. The van der Waals surface area contributed by atoms with Crippen molar-refractivity contribution in [2.45, 2.75) is 6.92 Å². The Kier molecular flexibility index (Phi) is 2.99. The second-order valence-electron chi connectivity index (χ2n) is 5.23. The predicted octanol–water partition coefficient (Wildman–Crippen LogP) is 3.02. The molecule has 3 nitrogen and oxygen atoms in total. The monoisotopic (exact) mass is 356 g/mol. The number of hydrogen-bond acceptors (Lipinski definition) is 2. The van der Waals surface area contributed by atoms with Gasteiger partial charge in [-0.05, 0) is 0 Å². The van der Waals surface area contributed by atoms with E-state index < -0.39 is 0 Å². The van der Waals surface area contributed by atoms with Gasteiger partial charge in [-0.25, -0.2) is 0 Å². The maximum atomic E-state index is 13.2. The van der Waals surface area contributed by atoms with E-state index in [9.17, 15) is 4.39 Å². The van der Waals surface area contributed by atoms with E-state index in [1.165, 1.54) is 12.1 Å². The van der Waals surface area contributed by atoms with Gasteiger partial charge in [0.2, 0.25) is 0 Å². The number of rotatable bonds is 1. The van der Waals surface area contributed by atoms with E-state index in [4.69, 9.17) is 0 Å². The number of hydrogen-bond donors (Lipinski definition) is 1. The zero-order valence-corrected chi connectivity index (χ0v) is 13.4. The van der Waals surface area contributed by atoms with E-state index in [0.717, 1.165) is 43.1 Å². The van der Waals surface area contributed by atoms with E-state index in [0.29, 0.717) is 0 Å². The molecular formula is C17H11FN3Se. The SMILES string of the molecule is Cc1nc2cc3[nH]ncc3cc2c(-c2ccc(F)cc2)c1[Se]. The summed E-state index contributed by atoms with van der Waals surface area (Å²) in [5, 5.41) is 9.09. The third kappa shape index (κ3) is 2.02. The summed E-state index contributed by atoms with van der Waals surface area (Å²) in [7, 11) is 0. The molecule has 22 heavy (non-hydrogen) atoms. The molecule has 0 unspecified atom stereocenters. The van der Waals surface area contributed by atoms with Crippen LogP contribution < -0.4 is 4.46 Å². The van der Waals surface area contributed by atoms with Gasteiger partial charge in [0, 0.05) is 0 Å². The van der Waals surface area contributed by atoms with E-state index in [-0.39, 0.29) is 5.82 Å². The quantitative estimate of drug-likeness (QED) is 0.534. The average Bonchev–Trinajstić information content (AvgIpc) is 2.95. The van der Waals surface area contributed by atoms with Gasteiger partial charge >= 0.3 is 134 Å². The van der Waals surface area contributed by atoms with Crippen LogP contribution in [-0.2, 0) is 0 Å². The summed E-state index contributed by atoms with van der Waals surface area (Å²) in [5.74, 6) is -0.238. The standard InChI is InChI=1S/C17H11FN3Se/c1-9-17(22)16(10-2-4-12(18)5-3-10)13-6-11-8-19-21-14(11)7-15(13)20-9/h2-8H,1H3,(H,19,21). The number of halogens is 1. The number of aromatic nitrogens is 3. The van der Waals surface area contributed by atoms with Crippen molar-refractivity contribution in [2.24, 2.45) is 0 Å². The number of nitrogens with one attached hydrogen (secondary N) is 1. The van der Waals surface area contributed by atoms with E-state index >= 15 is 0 Å². The van der Waals surface area contributed by atoms with E-state index in [2.05, 4.69) is 37.3 Å². The summed E-state index contributed by atoms with van der Waals surface area (Å²) in [5.41, 5.74) is 4.79. The molecule has 107 valence electrons. The molecule has 4 aromatic rings. The summed E-state index contributed by atoms with van der Waals surface area (Å²) in [6.45, 7) is 1.97. The van der Waals surface area contributed by atoms with Crippen LogP contribution in [0.25, 0.3) is 32.9 Å². The zero-order chi connectivity index (χ0) is 15.3. The van der Waals surface area contributed by atoms with Crippen molar-refractivity contribution >= 4 is 42.3 Å². The Labute approximate surface area is 134 Å². The molecule has 4 rings (SSSR count). The molecular weight excluding hydrogens is 344 g/mol. The van der Waals surface area contributed by atoms with Crippen LogP contribution in [0.5, 0.6) is 0 Å². The molecule has 0 aliphatic heterocycles. The van der Waals surface area contributed by atoms with Crippen LogP contribution in [-0.4, -0.2) is 31.2 Å². The fourth-order valence-electron chi connectivity index (χ4n) is 2.71. The van der Waals surface area contributed by atoms with E-state index in [1.54, 1.807) is 18.3 Å². The van der Waals surface area contributed by atoms with Crippen molar-refractivity contribution in [2.75, 3.05) is 0 Å². The molecule has 2 heterocycles. The molecule has 0 bridgehead atoms. The number of aryl methyl sites for hydroxylation is 1. The van der Waals surface area contributed by atoms with Crippen LogP contribution in [0, 0.1) is 12.7 Å². The molecule has 0 aliphatic rings. The molecule has 0 fully saturated rings. The molecule has 2 aromatic carbocycles. The molecule has 0 spiro atoms. The van der Waals surface area contributed by atoms with Gasteiger partial charge in [0.05, 0.1) is 0 Å². The Morgan fingerprint density at radius 1 is 1.14 bits per heavy atom. The van der Waals surface area contributed by atoms with Crippen molar-refractivity contribution in [1.82, 2.24) is 15.2 Å². The third-order valence-corrected chi connectivity index (χ3v) is 4.85. The van der Waals surface area contributed by atoms with E-state index in [1.807, 2.05) is 13.0 Å². The first kappa shape index (κ1) is 13.4. The first-order chi connectivity index (χ1) is 10.6. The fraction of sp³-hybridized carbons (Fsp3) is 0.0588. The molecule has 0 atom stereocenters. The van der Waals surface area contributed by atoms with Gasteiger partial charge in [-0.3, -0.25) is 0 Å². The van der Waals surface area contributed by atoms with Crippen LogP contribution in [0.4, 0.5) is 4.39 Å². The number of fused-ring (bicyclic) bond motifs is 2. The van der Waals surface area contributed by atoms with Gasteiger partial charge in [0.1, 0.15) is 0 Å². The Bertz CT molecular complexity index is 1010. The summed E-state index contributed by atoms with van der Waals surface area (Å²) >= 11 is 3.11. The summed E-state index contributed by atoms with van der Waals surface area (Å²) in [6, 6.07) is 10.6.